The van der Waals surface area contributed by atoms with Crippen LogP contribution in [0.25, 0.3) is 0 Å². The zero-order chi connectivity index (χ0) is 12.0. The van der Waals surface area contributed by atoms with E-state index in [1.807, 2.05) is 0 Å². The van der Waals surface area contributed by atoms with E-state index in [1.165, 1.54) is 12.8 Å². The predicted octanol–water partition coefficient (Wildman–Crippen LogP) is 2.07. The van der Waals surface area contributed by atoms with Crippen LogP contribution in [0.5, 0.6) is 0 Å². The Hall–Kier alpha value is -0.570. The van der Waals surface area contributed by atoms with Gasteiger partial charge in [-0.2, -0.15) is 0 Å². The van der Waals surface area contributed by atoms with Gasteiger partial charge in [-0.25, -0.2) is 0 Å². The second-order valence-electron chi connectivity index (χ2n) is 5.51. The molecule has 1 heterocycles. The molecule has 16 heavy (non-hydrogen) atoms. The van der Waals surface area contributed by atoms with Crippen molar-refractivity contribution in [2.75, 3.05) is 13.1 Å². The van der Waals surface area contributed by atoms with Crippen LogP contribution < -0.4 is 10.6 Å². The molecule has 0 radical (unpaired) electrons. The molecule has 0 bridgehead atoms. The average Bonchev–Trinajstić information content (AvgIpc) is 2.24. The van der Waals surface area contributed by atoms with Crippen LogP contribution in [0, 0.1) is 5.41 Å². The maximum atomic E-state index is 11.5. The van der Waals surface area contributed by atoms with E-state index in [0.29, 0.717) is 17.9 Å². The van der Waals surface area contributed by atoms with E-state index in [9.17, 15) is 4.79 Å². The SMILES string of the molecule is CCCCC(=O)NCC1NCCCC1(C)C. The first kappa shape index (κ1) is 13.5. The molecular weight excluding hydrogens is 200 g/mol. The molecule has 0 spiro atoms. The third-order valence-corrected chi connectivity index (χ3v) is 3.59. The maximum Gasteiger partial charge on any atom is 0.220 e. The molecule has 3 heteroatoms. The van der Waals surface area contributed by atoms with Gasteiger partial charge in [0, 0.05) is 19.0 Å². The first-order valence-corrected chi connectivity index (χ1v) is 6.56. The Morgan fingerprint density at radius 2 is 2.25 bits per heavy atom. The third-order valence-electron chi connectivity index (χ3n) is 3.59. The number of rotatable bonds is 5. The summed E-state index contributed by atoms with van der Waals surface area (Å²) >= 11 is 0. The number of hydrogen-bond acceptors (Lipinski definition) is 2. The van der Waals surface area contributed by atoms with Crippen LogP contribution in [-0.2, 0) is 4.79 Å². The van der Waals surface area contributed by atoms with Crippen LogP contribution in [0.4, 0.5) is 0 Å². The molecule has 0 aromatic heterocycles. The number of hydrogen-bond donors (Lipinski definition) is 2. The van der Waals surface area contributed by atoms with Crippen LogP contribution in [0.2, 0.25) is 0 Å². The Kier molecular flexibility index (Phi) is 5.26. The van der Waals surface area contributed by atoms with Crippen LogP contribution >= 0.6 is 0 Å². The van der Waals surface area contributed by atoms with E-state index in [1.54, 1.807) is 0 Å². The number of carbonyl (C=O) groups is 1. The average molecular weight is 226 g/mol. The van der Waals surface area contributed by atoms with Gasteiger partial charge in [0.2, 0.25) is 5.91 Å². The van der Waals surface area contributed by atoms with E-state index in [4.69, 9.17) is 0 Å². The minimum atomic E-state index is 0.199. The van der Waals surface area contributed by atoms with Gasteiger partial charge in [-0.15, -0.1) is 0 Å². The number of nitrogens with one attached hydrogen (secondary N) is 2. The van der Waals surface area contributed by atoms with Crippen molar-refractivity contribution in [1.82, 2.24) is 10.6 Å². The fourth-order valence-corrected chi connectivity index (χ4v) is 2.26. The van der Waals surface area contributed by atoms with Crippen LogP contribution in [0.3, 0.4) is 0 Å². The molecular formula is C13H26N2O. The molecule has 0 saturated carbocycles. The summed E-state index contributed by atoms with van der Waals surface area (Å²) in [6.45, 7) is 8.53. The summed E-state index contributed by atoms with van der Waals surface area (Å²) in [5.41, 5.74) is 0.302. The minimum absolute atomic E-state index is 0.199. The Morgan fingerprint density at radius 1 is 1.50 bits per heavy atom. The largest absolute Gasteiger partial charge is 0.355 e. The summed E-state index contributed by atoms with van der Waals surface area (Å²) in [5.74, 6) is 0.199. The topological polar surface area (TPSA) is 41.1 Å². The maximum absolute atomic E-state index is 11.5. The first-order chi connectivity index (χ1) is 7.56. The Labute approximate surface area is 99.4 Å². The van der Waals surface area contributed by atoms with E-state index >= 15 is 0 Å². The van der Waals surface area contributed by atoms with Gasteiger partial charge < -0.3 is 10.6 Å². The standard InChI is InChI=1S/C13H26N2O/c1-4-5-7-12(16)15-10-11-13(2,3)8-6-9-14-11/h11,14H,4-10H2,1-3H3,(H,15,16). The summed E-state index contributed by atoms with van der Waals surface area (Å²) in [6.07, 6.45) is 5.24. The molecule has 94 valence electrons. The molecule has 1 fully saturated rings. The zero-order valence-electron chi connectivity index (χ0n) is 10.9. The van der Waals surface area contributed by atoms with Gasteiger partial charge in [-0.3, -0.25) is 4.79 Å². The van der Waals surface area contributed by atoms with Gasteiger partial charge in [-0.1, -0.05) is 27.2 Å². The van der Waals surface area contributed by atoms with E-state index in [2.05, 4.69) is 31.4 Å². The summed E-state index contributed by atoms with van der Waals surface area (Å²) in [7, 11) is 0. The van der Waals surface area contributed by atoms with E-state index in [-0.39, 0.29) is 5.91 Å². The van der Waals surface area contributed by atoms with Gasteiger partial charge in [-0.05, 0) is 31.2 Å². The Balaban J connectivity index is 2.27. The van der Waals surface area contributed by atoms with Gasteiger partial charge >= 0.3 is 0 Å². The molecule has 1 saturated heterocycles. The number of piperidine rings is 1. The molecule has 3 nitrogen and oxygen atoms in total. The van der Waals surface area contributed by atoms with Crippen molar-refractivity contribution in [2.45, 2.75) is 58.9 Å². The van der Waals surface area contributed by atoms with Gasteiger partial charge in [0.25, 0.3) is 0 Å². The molecule has 1 atom stereocenters. The molecule has 0 aliphatic carbocycles. The summed E-state index contributed by atoms with van der Waals surface area (Å²) < 4.78 is 0. The molecule has 1 amide bonds. The Bertz CT molecular complexity index is 226. The van der Waals surface area contributed by atoms with Crippen molar-refractivity contribution in [3.8, 4) is 0 Å². The fourth-order valence-electron chi connectivity index (χ4n) is 2.26. The monoisotopic (exact) mass is 226 g/mol. The van der Waals surface area contributed by atoms with Gasteiger partial charge in [0.05, 0.1) is 0 Å². The highest BCUT2D eigenvalue weighted by Crippen LogP contribution is 2.29. The highest BCUT2D eigenvalue weighted by Gasteiger charge is 2.31. The molecule has 0 aromatic carbocycles. The zero-order valence-corrected chi connectivity index (χ0v) is 10.9. The van der Waals surface area contributed by atoms with Crippen molar-refractivity contribution < 1.29 is 4.79 Å². The lowest BCUT2D eigenvalue weighted by Crippen LogP contribution is -2.52. The molecule has 1 rings (SSSR count). The fraction of sp³-hybridized carbons (Fsp3) is 0.923. The number of unbranched alkanes of at least 4 members (excludes halogenated alkanes) is 1. The second-order valence-corrected chi connectivity index (χ2v) is 5.51. The molecule has 1 unspecified atom stereocenters. The highest BCUT2D eigenvalue weighted by atomic mass is 16.1. The summed E-state index contributed by atoms with van der Waals surface area (Å²) in [6, 6.07) is 0.423. The summed E-state index contributed by atoms with van der Waals surface area (Å²) in [5, 5.41) is 6.55. The van der Waals surface area contributed by atoms with Crippen molar-refractivity contribution >= 4 is 5.91 Å². The third kappa shape index (κ3) is 4.12. The quantitative estimate of drug-likeness (QED) is 0.753. The predicted molar refractivity (Wildman–Crippen MR) is 67.3 cm³/mol. The van der Waals surface area contributed by atoms with Gasteiger partial charge in [0.1, 0.15) is 0 Å². The lowest BCUT2D eigenvalue weighted by atomic mass is 9.77. The van der Waals surface area contributed by atoms with Crippen molar-refractivity contribution in [1.29, 1.82) is 0 Å². The van der Waals surface area contributed by atoms with E-state index < -0.39 is 0 Å². The summed E-state index contributed by atoms with van der Waals surface area (Å²) in [4.78, 5) is 11.5. The van der Waals surface area contributed by atoms with E-state index in [0.717, 1.165) is 25.9 Å². The van der Waals surface area contributed by atoms with Crippen molar-refractivity contribution in [2.24, 2.45) is 5.41 Å². The number of carbonyl (C=O) groups excluding carboxylic acids is 1. The van der Waals surface area contributed by atoms with Crippen molar-refractivity contribution in [3.05, 3.63) is 0 Å². The van der Waals surface area contributed by atoms with Crippen LogP contribution in [0.15, 0.2) is 0 Å². The van der Waals surface area contributed by atoms with Crippen LogP contribution in [-0.4, -0.2) is 25.0 Å². The lowest BCUT2D eigenvalue weighted by Gasteiger charge is -2.39. The first-order valence-electron chi connectivity index (χ1n) is 6.56. The number of amides is 1. The van der Waals surface area contributed by atoms with Crippen LogP contribution in [0.1, 0.15) is 52.9 Å². The lowest BCUT2D eigenvalue weighted by molar-refractivity contribution is -0.121. The Morgan fingerprint density at radius 3 is 2.88 bits per heavy atom. The second kappa shape index (κ2) is 6.24. The highest BCUT2D eigenvalue weighted by molar-refractivity contribution is 5.75. The minimum Gasteiger partial charge on any atom is -0.355 e. The smallest absolute Gasteiger partial charge is 0.220 e. The molecule has 1 aliphatic rings. The normalized spacial score (nSPS) is 24.1. The molecule has 2 N–H and O–H groups in total. The van der Waals surface area contributed by atoms with Crippen molar-refractivity contribution in [3.63, 3.8) is 0 Å². The van der Waals surface area contributed by atoms with Gasteiger partial charge in [0.15, 0.2) is 0 Å². The molecule has 1 aliphatic heterocycles. The molecule has 0 aromatic rings.